The molecule has 1 N–H and O–H groups in total. The van der Waals surface area contributed by atoms with E-state index in [1.54, 1.807) is 4.68 Å². The fourth-order valence-electron chi connectivity index (χ4n) is 4.70. The van der Waals surface area contributed by atoms with E-state index >= 15 is 0 Å². The first-order chi connectivity index (χ1) is 16.3. The molecule has 4 aromatic carbocycles. The molecule has 0 saturated carbocycles. The van der Waals surface area contributed by atoms with Crippen LogP contribution in [-0.4, -0.2) is 20.1 Å². The summed E-state index contributed by atoms with van der Waals surface area (Å²) < 4.78 is 1.75. The summed E-state index contributed by atoms with van der Waals surface area (Å²) in [6, 6.07) is 32.8. The lowest BCUT2D eigenvalue weighted by Gasteiger charge is -2.32. The van der Waals surface area contributed by atoms with Gasteiger partial charge in [-0.3, -0.25) is 0 Å². The largest absolute Gasteiger partial charge is 0.505 e. The highest BCUT2D eigenvalue weighted by molar-refractivity contribution is 5.77. The van der Waals surface area contributed by atoms with Crippen molar-refractivity contribution in [1.82, 2.24) is 15.0 Å². The zero-order valence-corrected chi connectivity index (χ0v) is 20.0. The number of phenolic OH excluding ortho intramolecular Hbond substituents is 1. The molecule has 4 nitrogen and oxygen atoms in total. The van der Waals surface area contributed by atoms with Crippen molar-refractivity contribution in [2.45, 2.75) is 38.5 Å². The van der Waals surface area contributed by atoms with Gasteiger partial charge in [-0.1, -0.05) is 112 Å². The molecule has 0 spiro atoms. The molecule has 0 fully saturated rings. The third-order valence-electron chi connectivity index (χ3n) is 7.06. The van der Waals surface area contributed by atoms with E-state index in [0.29, 0.717) is 5.69 Å². The molecule has 0 bridgehead atoms. The molecule has 5 rings (SSSR count). The Morgan fingerprint density at radius 3 is 1.85 bits per heavy atom. The average molecular weight is 448 g/mol. The van der Waals surface area contributed by atoms with Crippen LogP contribution in [-0.2, 0) is 10.8 Å². The van der Waals surface area contributed by atoms with Crippen LogP contribution in [0.25, 0.3) is 16.7 Å². The van der Waals surface area contributed by atoms with E-state index in [1.165, 1.54) is 5.56 Å². The Labute approximate surface area is 200 Å². The number of phenols is 1. The minimum Gasteiger partial charge on any atom is -0.505 e. The summed E-state index contributed by atoms with van der Waals surface area (Å²) in [5, 5.41) is 20.5. The van der Waals surface area contributed by atoms with Crippen LogP contribution in [0, 0.1) is 0 Å². The van der Waals surface area contributed by atoms with E-state index in [4.69, 9.17) is 0 Å². The zero-order valence-electron chi connectivity index (χ0n) is 20.0. The Morgan fingerprint density at radius 1 is 0.647 bits per heavy atom. The molecule has 0 unspecified atom stereocenters. The van der Waals surface area contributed by atoms with E-state index in [2.05, 4.69) is 80.5 Å². The fourth-order valence-corrected chi connectivity index (χ4v) is 4.70. The van der Waals surface area contributed by atoms with Crippen LogP contribution in [0.3, 0.4) is 0 Å². The second-order valence-electron chi connectivity index (χ2n) is 9.86. The molecule has 34 heavy (non-hydrogen) atoms. The first-order valence-corrected chi connectivity index (χ1v) is 11.6. The summed E-state index contributed by atoms with van der Waals surface area (Å²) in [7, 11) is 0. The molecule has 0 radical (unpaired) electrons. The topological polar surface area (TPSA) is 50.9 Å². The lowest BCUT2D eigenvalue weighted by Crippen LogP contribution is -2.24. The molecule has 0 aliphatic heterocycles. The minimum absolute atomic E-state index is 0.220. The second kappa shape index (κ2) is 8.14. The van der Waals surface area contributed by atoms with E-state index in [0.717, 1.165) is 27.7 Å². The van der Waals surface area contributed by atoms with Gasteiger partial charge in [0.1, 0.15) is 17.0 Å². The number of aromatic hydroxyl groups is 1. The second-order valence-corrected chi connectivity index (χ2v) is 9.86. The number of nitrogens with zero attached hydrogens (tertiary/aromatic N) is 3. The van der Waals surface area contributed by atoms with Crippen molar-refractivity contribution in [3.05, 3.63) is 119 Å². The van der Waals surface area contributed by atoms with Crippen LogP contribution in [0.5, 0.6) is 5.75 Å². The minimum atomic E-state index is -0.431. The lowest BCUT2D eigenvalue weighted by atomic mass is 9.72. The van der Waals surface area contributed by atoms with Crippen molar-refractivity contribution >= 4 is 11.0 Å². The predicted molar refractivity (Wildman–Crippen MR) is 138 cm³/mol. The van der Waals surface area contributed by atoms with Crippen molar-refractivity contribution in [3.63, 3.8) is 0 Å². The van der Waals surface area contributed by atoms with Crippen molar-refractivity contribution in [1.29, 1.82) is 0 Å². The number of hydrogen-bond donors (Lipinski definition) is 1. The Bertz CT molecular complexity index is 1450. The predicted octanol–water partition coefficient (Wildman–Crippen LogP) is 6.78. The summed E-state index contributed by atoms with van der Waals surface area (Å²) in [6.45, 7) is 8.74. The molecule has 5 aromatic rings. The number of fused-ring (bicyclic) bond motifs is 1. The fraction of sp³-hybridized carbons (Fsp3) is 0.200. The Kier molecular flexibility index (Phi) is 5.24. The number of rotatable bonds is 5. The molecule has 1 aromatic heterocycles. The number of para-hydroxylation sites is 1. The molecule has 0 aliphatic carbocycles. The first kappa shape index (κ1) is 21.9. The molecule has 0 atom stereocenters. The van der Waals surface area contributed by atoms with E-state index < -0.39 is 5.41 Å². The van der Waals surface area contributed by atoms with Crippen LogP contribution in [0.4, 0.5) is 0 Å². The lowest BCUT2D eigenvalue weighted by molar-refractivity contribution is 0.447. The van der Waals surface area contributed by atoms with Gasteiger partial charge < -0.3 is 5.11 Å². The summed E-state index contributed by atoms with van der Waals surface area (Å²) in [5.74, 6) is 0.220. The van der Waals surface area contributed by atoms with Gasteiger partial charge in [-0.2, -0.15) is 0 Å². The van der Waals surface area contributed by atoms with Crippen molar-refractivity contribution in [2.75, 3.05) is 0 Å². The monoisotopic (exact) mass is 447 g/mol. The van der Waals surface area contributed by atoms with Crippen LogP contribution >= 0.6 is 0 Å². The zero-order chi connectivity index (χ0) is 23.9. The normalized spacial score (nSPS) is 12.2. The maximum atomic E-state index is 11.7. The van der Waals surface area contributed by atoms with Gasteiger partial charge >= 0.3 is 0 Å². The quantitative estimate of drug-likeness (QED) is 0.323. The van der Waals surface area contributed by atoms with E-state index in [9.17, 15) is 5.11 Å². The van der Waals surface area contributed by atoms with Crippen LogP contribution in [0.2, 0.25) is 0 Å². The molecule has 0 aliphatic rings. The molecule has 170 valence electrons. The SMILES string of the molecule is CC(C)(c1ccccc1)c1cc(-n2nnc3ccccc32)c(O)c(C(C)(C)c2ccccc2)c1. The average Bonchev–Trinajstić information content (AvgIpc) is 3.29. The standard InChI is InChI=1S/C30H29N3O/c1-29(2,21-13-7-5-8-14-21)23-19-24(30(3,4)22-15-9-6-10-16-22)28(34)27(20-23)33-26-18-12-11-17-25(26)31-32-33/h5-20,34H,1-4H3. The summed E-state index contributed by atoms with van der Waals surface area (Å²) in [6.07, 6.45) is 0. The number of hydrogen-bond acceptors (Lipinski definition) is 3. The van der Waals surface area contributed by atoms with Crippen molar-refractivity contribution in [2.24, 2.45) is 0 Å². The van der Waals surface area contributed by atoms with Gasteiger partial charge in [-0.25, -0.2) is 4.68 Å². The van der Waals surface area contributed by atoms with Gasteiger partial charge in [-0.05, 0) is 34.9 Å². The van der Waals surface area contributed by atoms with Gasteiger partial charge in [-0.15, -0.1) is 5.10 Å². The molecule has 0 amide bonds. The van der Waals surface area contributed by atoms with Gasteiger partial charge in [0.05, 0.1) is 5.52 Å². The highest BCUT2D eigenvalue weighted by Gasteiger charge is 2.32. The van der Waals surface area contributed by atoms with Crippen LogP contribution < -0.4 is 0 Å². The van der Waals surface area contributed by atoms with Crippen molar-refractivity contribution in [3.8, 4) is 11.4 Å². The highest BCUT2D eigenvalue weighted by Crippen LogP contribution is 2.44. The maximum absolute atomic E-state index is 11.7. The third kappa shape index (κ3) is 3.56. The molecular weight excluding hydrogens is 418 g/mol. The third-order valence-corrected chi connectivity index (χ3v) is 7.06. The summed E-state index contributed by atoms with van der Waals surface area (Å²) in [4.78, 5) is 0. The van der Waals surface area contributed by atoms with E-state index in [-0.39, 0.29) is 11.2 Å². The molecule has 4 heteroatoms. The first-order valence-electron chi connectivity index (χ1n) is 11.6. The Balaban J connectivity index is 1.80. The summed E-state index contributed by atoms with van der Waals surface area (Å²) >= 11 is 0. The molecule has 0 saturated heterocycles. The van der Waals surface area contributed by atoms with Gasteiger partial charge in [0.15, 0.2) is 0 Å². The highest BCUT2D eigenvalue weighted by atomic mass is 16.3. The molecular formula is C30H29N3O. The number of benzene rings is 4. The van der Waals surface area contributed by atoms with E-state index in [1.807, 2.05) is 54.6 Å². The Morgan fingerprint density at radius 2 is 1.21 bits per heavy atom. The maximum Gasteiger partial charge on any atom is 0.145 e. The Hall–Kier alpha value is -3.92. The van der Waals surface area contributed by atoms with Gasteiger partial charge in [0.25, 0.3) is 0 Å². The van der Waals surface area contributed by atoms with Gasteiger partial charge in [0.2, 0.25) is 0 Å². The van der Waals surface area contributed by atoms with Crippen LogP contribution in [0.15, 0.2) is 97.1 Å². The number of aromatic nitrogens is 3. The van der Waals surface area contributed by atoms with Crippen molar-refractivity contribution < 1.29 is 5.11 Å². The smallest absolute Gasteiger partial charge is 0.145 e. The molecule has 1 heterocycles. The van der Waals surface area contributed by atoms with Crippen LogP contribution in [0.1, 0.15) is 49.9 Å². The summed E-state index contributed by atoms with van der Waals surface area (Å²) in [5.41, 5.74) is 5.86. The van der Waals surface area contributed by atoms with Gasteiger partial charge in [0, 0.05) is 16.4 Å².